The molecule has 3 aliphatic rings. The summed E-state index contributed by atoms with van der Waals surface area (Å²) in [6.45, 7) is 7.52. The molecule has 1 atom stereocenters. The molecule has 4 heteroatoms. The molecule has 0 N–H and O–H groups in total. The molecule has 1 saturated carbocycles. The van der Waals surface area contributed by atoms with Crippen molar-refractivity contribution in [2.24, 2.45) is 11.8 Å². The van der Waals surface area contributed by atoms with Crippen LogP contribution in [0.5, 0.6) is 0 Å². The third-order valence-corrected chi connectivity index (χ3v) is 6.27. The van der Waals surface area contributed by atoms with Crippen molar-refractivity contribution >= 4 is 0 Å². The molecule has 3 nitrogen and oxygen atoms in total. The highest BCUT2D eigenvalue weighted by atomic mass is 19.1. The minimum absolute atomic E-state index is 0.0678. The number of likely N-dealkylation sites (tertiary alicyclic amines) is 1. The Morgan fingerprint density at radius 1 is 0.962 bits per heavy atom. The zero-order valence-electron chi connectivity index (χ0n) is 15.9. The Labute approximate surface area is 157 Å². The number of piperidine rings is 1. The van der Waals surface area contributed by atoms with Crippen LogP contribution in [0.4, 0.5) is 4.39 Å². The van der Waals surface area contributed by atoms with Crippen LogP contribution in [-0.4, -0.2) is 55.2 Å². The molecule has 1 aliphatic carbocycles. The van der Waals surface area contributed by atoms with Crippen molar-refractivity contribution in [3.05, 3.63) is 35.6 Å². The number of halogens is 1. The topological polar surface area (TPSA) is 15.7 Å². The molecule has 1 aromatic rings. The minimum atomic E-state index is -0.0678. The summed E-state index contributed by atoms with van der Waals surface area (Å²) in [5.41, 5.74) is 0.833. The zero-order chi connectivity index (χ0) is 17.8. The van der Waals surface area contributed by atoms with E-state index >= 15 is 0 Å². The monoisotopic (exact) mass is 360 g/mol. The molecule has 0 radical (unpaired) electrons. The summed E-state index contributed by atoms with van der Waals surface area (Å²) < 4.78 is 19.8. The standard InChI is InChI=1S/C22H33FN2O/c23-22-6-2-1-4-20(22)16-24-11-9-19(10-12-24)15-25(14-18-7-8-18)17-21-5-3-13-26-21/h1-2,4,6,18-19,21H,3,5,7-17H2/t21-/m0/s1. The number of hydrogen-bond acceptors (Lipinski definition) is 3. The fourth-order valence-electron chi connectivity index (χ4n) is 4.53. The van der Waals surface area contributed by atoms with Crippen molar-refractivity contribution < 1.29 is 9.13 Å². The summed E-state index contributed by atoms with van der Waals surface area (Å²) in [5, 5.41) is 0. The van der Waals surface area contributed by atoms with E-state index in [1.807, 2.05) is 12.1 Å². The maximum absolute atomic E-state index is 13.9. The van der Waals surface area contributed by atoms with Crippen molar-refractivity contribution in [1.29, 1.82) is 0 Å². The van der Waals surface area contributed by atoms with E-state index in [4.69, 9.17) is 4.74 Å². The first-order valence-electron chi connectivity index (χ1n) is 10.6. The Kier molecular flexibility index (Phi) is 6.24. The second-order valence-electron chi connectivity index (χ2n) is 8.61. The van der Waals surface area contributed by atoms with Crippen molar-refractivity contribution in [3.63, 3.8) is 0 Å². The summed E-state index contributed by atoms with van der Waals surface area (Å²) in [7, 11) is 0. The molecule has 4 rings (SSSR count). The number of benzene rings is 1. The second-order valence-corrected chi connectivity index (χ2v) is 8.61. The van der Waals surface area contributed by atoms with Gasteiger partial charge in [0.05, 0.1) is 6.10 Å². The van der Waals surface area contributed by atoms with Crippen LogP contribution < -0.4 is 0 Å². The van der Waals surface area contributed by atoms with Crippen LogP contribution in [0.15, 0.2) is 24.3 Å². The van der Waals surface area contributed by atoms with E-state index in [-0.39, 0.29) is 5.82 Å². The third-order valence-electron chi connectivity index (χ3n) is 6.27. The first-order valence-corrected chi connectivity index (χ1v) is 10.6. The van der Waals surface area contributed by atoms with Crippen LogP contribution in [0.2, 0.25) is 0 Å². The van der Waals surface area contributed by atoms with Gasteiger partial charge >= 0.3 is 0 Å². The zero-order valence-corrected chi connectivity index (χ0v) is 15.9. The Morgan fingerprint density at radius 3 is 2.35 bits per heavy atom. The molecule has 1 aromatic carbocycles. The van der Waals surface area contributed by atoms with E-state index in [0.29, 0.717) is 6.10 Å². The lowest BCUT2D eigenvalue weighted by Gasteiger charge is -2.35. The maximum atomic E-state index is 13.9. The van der Waals surface area contributed by atoms with Gasteiger partial charge in [-0.05, 0) is 69.5 Å². The summed E-state index contributed by atoms with van der Waals surface area (Å²) in [4.78, 5) is 5.12. The average molecular weight is 361 g/mol. The number of ether oxygens (including phenoxy) is 1. The predicted molar refractivity (Wildman–Crippen MR) is 103 cm³/mol. The molecular weight excluding hydrogens is 327 g/mol. The molecule has 0 bridgehead atoms. The van der Waals surface area contributed by atoms with Crippen LogP contribution in [0.1, 0.15) is 44.1 Å². The van der Waals surface area contributed by atoms with Gasteiger partial charge in [-0.15, -0.1) is 0 Å². The quantitative estimate of drug-likeness (QED) is 0.699. The van der Waals surface area contributed by atoms with E-state index in [2.05, 4.69) is 9.80 Å². The van der Waals surface area contributed by atoms with E-state index in [1.165, 1.54) is 51.6 Å². The van der Waals surface area contributed by atoms with Crippen LogP contribution in [0.3, 0.4) is 0 Å². The van der Waals surface area contributed by atoms with Crippen molar-refractivity contribution in [3.8, 4) is 0 Å². The highest BCUT2D eigenvalue weighted by Crippen LogP contribution is 2.31. The van der Waals surface area contributed by atoms with Gasteiger partial charge in [0.15, 0.2) is 0 Å². The summed E-state index contributed by atoms with van der Waals surface area (Å²) in [6.07, 6.45) is 8.25. The molecule has 0 unspecified atom stereocenters. The average Bonchev–Trinajstić information content (AvgIpc) is 3.31. The summed E-state index contributed by atoms with van der Waals surface area (Å²) in [5.74, 6) is 1.66. The van der Waals surface area contributed by atoms with Crippen molar-refractivity contribution in [1.82, 2.24) is 9.80 Å². The lowest BCUT2D eigenvalue weighted by Crippen LogP contribution is -2.41. The molecule has 2 saturated heterocycles. The Balaban J connectivity index is 1.24. The van der Waals surface area contributed by atoms with Gasteiger partial charge in [0.25, 0.3) is 0 Å². The second kappa shape index (κ2) is 8.81. The van der Waals surface area contributed by atoms with Gasteiger partial charge in [0, 0.05) is 38.3 Å². The fraction of sp³-hybridized carbons (Fsp3) is 0.727. The SMILES string of the molecule is Fc1ccccc1CN1CCC(CN(CC2CC2)C[C@@H]2CCCO2)CC1. The summed E-state index contributed by atoms with van der Waals surface area (Å²) in [6, 6.07) is 7.20. The van der Waals surface area contributed by atoms with Gasteiger partial charge in [0.1, 0.15) is 5.82 Å². The Hall–Kier alpha value is -0.970. The summed E-state index contributed by atoms with van der Waals surface area (Å²) >= 11 is 0. The molecule has 0 aromatic heterocycles. The highest BCUT2D eigenvalue weighted by Gasteiger charge is 2.29. The molecule has 3 fully saturated rings. The normalized spacial score (nSPS) is 25.2. The first kappa shape index (κ1) is 18.4. The smallest absolute Gasteiger partial charge is 0.127 e. The van der Waals surface area contributed by atoms with Crippen LogP contribution >= 0.6 is 0 Å². The van der Waals surface area contributed by atoms with Crippen molar-refractivity contribution in [2.75, 3.05) is 39.3 Å². The van der Waals surface area contributed by atoms with E-state index in [1.54, 1.807) is 12.1 Å². The van der Waals surface area contributed by atoms with Gasteiger partial charge in [-0.1, -0.05) is 18.2 Å². The molecule has 26 heavy (non-hydrogen) atoms. The Morgan fingerprint density at radius 2 is 1.69 bits per heavy atom. The van der Waals surface area contributed by atoms with Crippen LogP contribution in [0, 0.1) is 17.7 Å². The molecule has 0 amide bonds. The number of nitrogens with zero attached hydrogens (tertiary/aromatic N) is 2. The van der Waals surface area contributed by atoms with Gasteiger partial charge in [-0.25, -0.2) is 4.39 Å². The molecular formula is C22H33FN2O. The van der Waals surface area contributed by atoms with Gasteiger partial charge in [-0.3, -0.25) is 4.90 Å². The molecule has 2 aliphatic heterocycles. The number of hydrogen-bond donors (Lipinski definition) is 0. The lowest BCUT2D eigenvalue weighted by atomic mass is 9.95. The fourth-order valence-corrected chi connectivity index (χ4v) is 4.53. The van der Waals surface area contributed by atoms with Crippen LogP contribution in [0.25, 0.3) is 0 Å². The molecule has 144 valence electrons. The minimum Gasteiger partial charge on any atom is -0.377 e. The van der Waals surface area contributed by atoms with E-state index in [9.17, 15) is 4.39 Å². The van der Waals surface area contributed by atoms with E-state index in [0.717, 1.165) is 50.2 Å². The number of rotatable bonds is 8. The first-order chi connectivity index (χ1) is 12.8. The van der Waals surface area contributed by atoms with Crippen LogP contribution in [-0.2, 0) is 11.3 Å². The molecule has 2 heterocycles. The largest absolute Gasteiger partial charge is 0.377 e. The van der Waals surface area contributed by atoms with Gasteiger partial charge < -0.3 is 9.64 Å². The highest BCUT2D eigenvalue weighted by molar-refractivity contribution is 5.17. The van der Waals surface area contributed by atoms with Gasteiger partial charge in [0.2, 0.25) is 0 Å². The lowest BCUT2D eigenvalue weighted by molar-refractivity contribution is 0.0581. The van der Waals surface area contributed by atoms with Crippen molar-refractivity contribution in [2.45, 2.75) is 51.2 Å². The third kappa shape index (κ3) is 5.28. The predicted octanol–water partition coefficient (Wildman–Crippen LogP) is 3.93. The van der Waals surface area contributed by atoms with Gasteiger partial charge in [-0.2, -0.15) is 0 Å². The maximum Gasteiger partial charge on any atom is 0.127 e. The Bertz CT molecular complexity index is 563. The van der Waals surface area contributed by atoms with E-state index < -0.39 is 0 Å². The molecule has 0 spiro atoms.